The summed E-state index contributed by atoms with van der Waals surface area (Å²) in [5, 5.41) is 25.6. The van der Waals surface area contributed by atoms with E-state index < -0.39 is 72.6 Å². The number of nitrogens with one attached hydrogen (secondary N) is 4. The highest BCUT2D eigenvalue weighted by atomic mass is 16.4. The number of nitrogens with two attached hydrogens (primary N) is 4. The zero-order valence-corrected chi connectivity index (χ0v) is 21.7. The minimum atomic E-state index is -1.49. The number of aromatic amines is 1. The third kappa shape index (κ3) is 13.2. The van der Waals surface area contributed by atoms with E-state index in [1.807, 2.05) is 0 Å². The van der Waals surface area contributed by atoms with Crippen LogP contribution in [0.5, 0.6) is 0 Å². The predicted octanol–water partition coefficient (Wildman–Crippen LogP) is -4.00. The Kier molecular flexibility index (Phi) is 14.1. The number of primary amides is 1. The van der Waals surface area contributed by atoms with Crippen molar-refractivity contribution >= 4 is 41.5 Å². The Labute approximate surface area is 228 Å². The van der Waals surface area contributed by atoms with Gasteiger partial charge in [-0.25, -0.2) is 9.78 Å². The number of aromatic nitrogens is 2. The van der Waals surface area contributed by atoms with Gasteiger partial charge in [0.05, 0.1) is 12.4 Å². The van der Waals surface area contributed by atoms with Gasteiger partial charge in [-0.15, -0.1) is 0 Å². The van der Waals surface area contributed by atoms with Crippen molar-refractivity contribution in [2.45, 2.75) is 69.1 Å². The number of aliphatic imine (C=N–C) groups is 1. The zero-order chi connectivity index (χ0) is 30.2. The van der Waals surface area contributed by atoms with Crippen LogP contribution < -0.4 is 38.9 Å². The van der Waals surface area contributed by atoms with Crippen LogP contribution in [0.1, 0.15) is 44.2 Å². The van der Waals surface area contributed by atoms with Gasteiger partial charge in [0, 0.05) is 37.7 Å². The third-order valence-electron chi connectivity index (χ3n) is 5.49. The summed E-state index contributed by atoms with van der Waals surface area (Å²) in [7, 11) is 0. The van der Waals surface area contributed by atoms with Crippen molar-refractivity contribution in [2.75, 3.05) is 6.54 Å². The lowest BCUT2D eigenvalue weighted by molar-refractivity contribution is -0.143. The van der Waals surface area contributed by atoms with E-state index in [1.54, 1.807) is 0 Å². The van der Waals surface area contributed by atoms with E-state index >= 15 is 0 Å². The molecule has 222 valence electrons. The number of hydrogen-bond donors (Lipinski definition) is 10. The number of hydrogen-bond acceptors (Lipinski definition) is 9. The summed E-state index contributed by atoms with van der Waals surface area (Å²) < 4.78 is 0. The lowest BCUT2D eigenvalue weighted by Crippen LogP contribution is -2.57. The molecule has 1 rings (SSSR count). The molecule has 14 N–H and O–H groups in total. The molecule has 4 atom stereocenters. The Morgan fingerprint density at radius 1 is 0.875 bits per heavy atom. The van der Waals surface area contributed by atoms with Crippen molar-refractivity contribution in [1.82, 2.24) is 25.9 Å². The number of imidazole rings is 1. The van der Waals surface area contributed by atoms with Crippen LogP contribution in [0.2, 0.25) is 0 Å². The first-order valence-electron chi connectivity index (χ1n) is 12.2. The molecule has 1 aromatic rings. The summed E-state index contributed by atoms with van der Waals surface area (Å²) in [6.45, 7) is 0.215. The summed E-state index contributed by atoms with van der Waals surface area (Å²) in [4.78, 5) is 83.0. The Morgan fingerprint density at radius 3 is 1.95 bits per heavy atom. The number of amides is 4. The number of guanidine groups is 1. The van der Waals surface area contributed by atoms with Gasteiger partial charge in [0.15, 0.2) is 5.96 Å². The van der Waals surface area contributed by atoms with Crippen LogP contribution in [0.15, 0.2) is 17.5 Å². The van der Waals surface area contributed by atoms with Crippen LogP contribution >= 0.6 is 0 Å². The van der Waals surface area contributed by atoms with Crippen LogP contribution in [-0.2, 0) is 35.2 Å². The molecule has 0 fully saturated rings. The van der Waals surface area contributed by atoms with Gasteiger partial charge < -0.3 is 54.1 Å². The van der Waals surface area contributed by atoms with Crippen molar-refractivity contribution in [3.8, 4) is 0 Å². The number of rotatable bonds is 19. The molecule has 0 aliphatic carbocycles. The maximum atomic E-state index is 13.1. The monoisotopic (exact) mass is 568 g/mol. The summed E-state index contributed by atoms with van der Waals surface area (Å²) in [6.07, 6.45) is 1.52. The van der Waals surface area contributed by atoms with E-state index in [9.17, 15) is 33.9 Å². The normalized spacial score (nSPS) is 13.6. The Bertz CT molecular complexity index is 1060. The topological polar surface area (TPSA) is 324 Å². The molecule has 0 saturated heterocycles. The minimum Gasteiger partial charge on any atom is -0.481 e. The van der Waals surface area contributed by atoms with Gasteiger partial charge >= 0.3 is 11.9 Å². The van der Waals surface area contributed by atoms with E-state index in [-0.39, 0.29) is 38.2 Å². The number of carbonyl (C=O) groups is 6. The molecule has 18 nitrogen and oxygen atoms in total. The number of carboxylic acid groups (broad SMARTS) is 2. The molecule has 0 bridgehead atoms. The largest absolute Gasteiger partial charge is 0.481 e. The second kappa shape index (κ2) is 17.0. The number of carbonyl (C=O) groups excluding carboxylic acids is 4. The second-order valence-corrected chi connectivity index (χ2v) is 8.80. The van der Waals surface area contributed by atoms with E-state index in [0.717, 1.165) is 0 Å². The SMILES string of the molecule is NC(=O)CCC(NC(=O)C(N)CCCN=C(N)N)C(=O)NC(CCC(=O)O)C(=O)NC(Cc1cnc[nH]1)C(=O)O. The molecule has 18 heteroatoms. The Hall–Kier alpha value is -4.74. The smallest absolute Gasteiger partial charge is 0.326 e. The number of nitrogens with zero attached hydrogens (tertiary/aromatic N) is 2. The summed E-state index contributed by atoms with van der Waals surface area (Å²) >= 11 is 0. The van der Waals surface area contributed by atoms with Gasteiger partial charge in [0.1, 0.15) is 18.1 Å². The highest BCUT2D eigenvalue weighted by Gasteiger charge is 2.31. The van der Waals surface area contributed by atoms with Crippen LogP contribution in [-0.4, -0.2) is 92.4 Å². The fraction of sp³-hybridized carbons (Fsp3) is 0.545. The van der Waals surface area contributed by atoms with E-state index in [2.05, 4.69) is 30.9 Å². The first-order chi connectivity index (χ1) is 18.8. The van der Waals surface area contributed by atoms with Gasteiger partial charge in [-0.05, 0) is 25.7 Å². The lowest BCUT2D eigenvalue weighted by atomic mass is 10.1. The molecule has 4 unspecified atom stereocenters. The third-order valence-corrected chi connectivity index (χ3v) is 5.49. The quantitative estimate of drug-likeness (QED) is 0.0433. The van der Waals surface area contributed by atoms with Crippen LogP contribution in [0.25, 0.3) is 0 Å². The van der Waals surface area contributed by atoms with Crippen molar-refractivity contribution in [2.24, 2.45) is 27.9 Å². The van der Waals surface area contributed by atoms with Crippen LogP contribution in [0.4, 0.5) is 0 Å². The highest BCUT2D eigenvalue weighted by molar-refractivity contribution is 5.94. The van der Waals surface area contributed by atoms with Crippen molar-refractivity contribution in [3.63, 3.8) is 0 Å². The maximum Gasteiger partial charge on any atom is 0.326 e. The predicted molar refractivity (Wildman–Crippen MR) is 139 cm³/mol. The minimum absolute atomic E-state index is 0.126. The standard InChI is InChI=1S/C22H36N10O8/c23-12(2-1-7-28-22(25)26)18(36)30-13(3-5-16(24)33)19(37)31-14(4-6-17(34)35)20(38)32-15(21(39)40)8-11-9-27-10-29-11/h9-10,12-15H,1-8,23H2,(H2,24,33)(H,27,29)(H,30,36)(H,31,37)(H,32,38)(H,34,35)(H,39,40)(H4,25,26,28). The fourth-order valence-electron chi connectivity index (χ4n) is 3.38. The molecule has 4 amide bonds. The average molecular weight is 569 g/mol. The molecule has 0 aliphatic rings. The van der Waals surface area contributed by atoms with E-state index in [0.29, 0.717) is 12.1 Å². The molecule has 40 heavy (non-hydrogen) atoms. The molecule has 0 aliphatic heterocycles. The first-order valence-corrected chi connectivity index (χ1v) is 12.2. The van der Waals surface area contributed by atoms with Crippen molar-refractivity contribution in [3.05, 3.63) is 18.2 Å². The molecule has 0 radical (unpaired) electrons. The molecule has 0 saturated carbocycles. The van der Waals surface area contributed by atoms with Crippen LogP contribution in [0.3, 0.4) is 0 Å². The van der Waals surface area contributed by atoms with E-state index in [1.165, 1.54) is 12.5 Å². The first kappa shape index (κ1) is 33.3. The second-order valence-electron chi connectivity index (χ2n) is 8.80. The molecular weight excluding hydrogens is 532 g/mol. The fourth-order valence-corrected chi connectivity index (χ4v) is 3.38. The van der Waals surface area contributed by atoms with Gasteiger partial charge in [-0.1, -0.05) is 0 Å². The van der Waals surface area contributed by atoms with Crippen LogP contribution in [0, 0.1) is 0 Å². The Morgan fingerprint density at radius 2 is 1.45 bits per heavy atom. The molecule has 1 heterocycles. The van der Waals surface area contributed by atoms with Gasteiger partial charge in [0.2, 0.25) is 23.6 Å². The lowest BCUT2D eigenvalue weighted by Gasteiger charge is -2.25. The summed E-state index contributed by atoms with van der Waals surface area (Å²) in [5.41, 5.74) is 21.9. The van der Waals surface area contributed by atoms with Crippen molar-refractivity contribution in [1.29, 1.82) is 0 Å². The average Bonchev–Trinajstić information content (AvgIpc) is 3.38. The van der Waals surface area contributed by atoms with Gasteiger partial charge in [-0.3, -0.25) is 29.0 Å². The maximum absolute atomic E-state index is 13.1. The zero-order valence-electron chi connectivity index (χ0n) is 21.7. The summed E-state index contributed by atoms with van der Waals surface area (Å²) in [6, 6.07) is -5.36. The van der Waals surface area contributed by atoms with E-state index in [4.69, 9.17) is 28.0 Å². The molecular formula is C22H36N10O8. The molecule has 0 spiro atoms. The van der Waals surface area contributed by atoms with Gasteiger partial charge in [0.25, 0.3) is 0 Å². The molecule has 0 aromatic carbocycles. The molecule has 1 aromatic heterocycles. The van der Waals surface area contributed by atoms with Gasteiger partial charge in [-0.2, -0.15) is 0 Å². The number of H-pyrrole nitrogens is 1. The highest BCUT2D eigenvalue weighted by Crippen LogP contribution is 2.06. The Balaban J connectivity index is 2.99. The van der Waals surface area contributed by atoms with Crippen molar-refractivity contribution < 1.29 is 39.0 Å². The number of carboxylic acids is 2. The summed E-state index contributed by atoms with van der Waals surface area (Å²) in [5.74, 6) is -6.20. The number of aliphatic carboxylic acids is 2.